The van der Waals surface area contributed by atoms with Crippen LogP contribution in [0.25, 0.3) is 0 Å². The first-order valence-corrected chi connectivity index (χ1v) is 10.9. The van der Waals surface area contributed by atoms with Crippen LogP contribution in [-0.4, -0.2) is 20.9 Å². The van der Waals surface area contributed by atoms with E-state index in [1.807, 2.05) is 0 Å². The molecule has 128 valence electrons. The van der Waals surface area contributed by atoms with E-state index < -0.39 is 8.80 Å². The molecule has 0 heterocycles. The van der Waals surface area contributed by atoms with E-state index in [9.17, 15) is 0 Å². The number of aryl methyl sites for hydroxylation is 1. The predicted molar refractivity (Wildman–Crippen MR) is 109 cm³/mol. The summed E-state index contributed by atoms with van der Waals surface area (Å²) in [5, 5.41) is 2.64. The Labute approximate surface area is 152 Å². The molecule has 0 saturated carbocycles. The molecule has 2 aromatic carbocycles. The fourth-order valence-electron chi connectivity index (χ4n) is 2.96. The van der Waals surface area contributed by atoms with Crippen molar-refractivity contribution in [1.29, 1.82) is 0 Å². The summed E-state index contributed by atoms with van der Waals surface area (Å²) in [6.07, 6.45) is 1.80. The highest BCUT2D eigenvalue weighted by molar-refractivity contribution is 6.90. The van der Waals surface area contributed by atoms with E-state index in [2.05, 4.69) is 76.7 Å². The van der Waals surface area contributed by atoms with Crippen LogP contribution in [0.2, 0.25) is 0 Å². The fraction of sp³-hybridized carbons (Fsp3) is 0.333. The standard InChI is InChI=1S/C21H27ClOSi/c1-6-12-23-20-18(21(3,4)5)13-16(2)14-19(20)24(15-22)17-10-8-7-9-11-17/h6-11,13-14,24H,1,12,15H2,2-5H3. The van der Waals surface area contributed by atoms with Crippen LogP contribution >= 0.6 is 11.6 Å². The summed E-state index contributed by atoms with van der Waals surface area (Å²) >= 11 is 6.45. The number of hydrogen-bond donors (Lipinski definition) is 0. The first kappa shape index (κ1) is 18.8. The van der Waals surface area contributed by atoms with E-state index in [1.165, 1.54) is 21.5 Å². The summed E-state index contributed by atoms with van der Waals surface area (Å²) < 4.78 is 6.16. The average molecular weight is 359 g/mol. The summed E-state index contributed by atoms with van der Waals surface area (Å²) in [6.45, 7) is 13.1. The number of alkyl halides is 1. The first-order chi connectivity index (χ1) is 11.4. The first-order valence-electron chi connectivity index (χ1n) is 8.38. The molecule has 24 heavy (non-hydrogen) atoms. The summed E-state index contributed by atoms with van der Waals surface area (Å²) in [7, 11) is -1.53. The van der Waals surface area contributed by atoms with Crippen LogP contribution in [-0.2, 0) is 5.41 Å². The van der Waals surface area contributed by atoms with Crippen molar-refractivity contribution in [1.82, 2.24) is 0 Å². The van der Waals surface area contributed by atoms with E-state index in [1.54, 1.807) is 6.08 Å². The second-order valence-corrected chi connectivity index (χ2v) is 10.8. The Balaban J connectivity index is 2.66. The van der Waals surface area contributed by atoms with Gasteiger partial charge >= 0.3 is 0 Å². The molecule has 0 aliphatic heterocycles. The number of halogens is 1. The molecular formula is C21H27ClOSi. The van der Waals surface area contributed by atoms with Gasteiger partial charge in [0.05, 0.1) is 0 Å². The van der Waals surface area contributed by atoms with Gasteiger partial charge in [-0.1, -0.05) is 86.6 Å². The van der Waals surface area contributed by atoms with Crippen molar-refractivity contribution in [3.8, 4) is 5.75 Å². The second-order valence-electron chi connectivity index (χ2n) is 7.20. The molecule has 1 unspecified atom stereocenters. The fourth-order valence-corrected chi connectivity index (χ4v) is 6.40. The van der Waals surface area contributed by atoms with Gasteiger partial charge in [0.2, 0.25) is 0 Å². The molecule has 0 radical (unpaired) electrons. The van der Waals surface area contributed by atoms with Crippen molar-refractivity contribution in [3.63, 3.8) is 0 Å². The third kappa shape index (κ3) is 4.31. The SMILES string of the molecule is C=CCOc1c([SiH](CCl)c2ccccc2)cc(C)cc1C(C)(C)C. The van der Waals surface area contributed by atoms with Crippen LogP contribution in [0.1, 0.15) is 31.9 Å². The number of ether oxygens (including phenoxy) is 1. The lowest BCUT2D eigenvalue weighted by Crippen LogP contribution is -2.45. The Bertz CT molecular complexity index is 689. The van der Waals surface area contributed by atoms with Crippen LogP contribution in [0.4, 0.5) is 0 Å². The largest absolute Gasteiger partial charge is 0.489 e. The molecular weight excluding hydrogens is 332 g/mol. The molecule has 1 atom stereocenters. The lowest BCUT2D eigenvalue weighted by atomic mass is 9.85. The Morgan fingerprint density at radius 2 is 1.83 bits per heavy atom. The van der Waals surface area contributed by atoms with Crippen molar-refractivity contribution in [2.24, 2.45) is 0 Å². The van der Waals surface area contributed by atoms with Gasteiger partial charge in [-0.2, -0.15) is 0 Å². The minimum atomic E-state index is -1.53. The highest BCUT2D eigenvalue weighted by Crippen LogP contribution is 2.31. The lowest BCUT2D eigenvalue weighted by molar-refractivity contribution is 0.354. The van der Waals surface area contributed by atoms with Gasteiger partial charge in [0, 0.05) is 5.50 Å². The van der Waals surface area contributed by atoms with E-state index in [0.717, 1.165) is 5.75 Å². The zero-order valence-corrected chi connectivity index (χ0v) is 17.0. The number of benzene rings is 2. The molecule has 2 aromatic rings. The zero-order valence-electron chi connectivity index (χ0n) is 15.1. The van der Waals surface area contributed by atoms with E-state index in [-0.39, 0.29) is 5.41 Å². The summed E-state index contributed by atoms with van der Waals surface area (Å²) in [5.41, 5.74) is 3.18. The molecule has 0 saturated heterocycles. The van der Waals surface area contributed by atoms with E-state index >= 15 is 0 Å². The Morgan fingerprint density at radius 1 is 1.17 bits per heavy atom. The minimum Gasteiger partial charge on any atom is -0.489 e. The van der Waals surface area contributed by atoms with Crippen molar-refractivity contribution in [2.75, 3.05) is 12.1 Å². The summed E-state index contributed by atoms with van der Waals surface area (Å²) in [5.74, 6) is 1.01. The molecule has 1 nitrogen and oxygen atoms in total. The topological polar surface area (TPSA) is 9.23 Å². The third-order valence-electron chi connectivity index (χ3n) is 4.15. The van der Waals surface area contributed by atoms with Crippen molar-refractivity contribution >= 4 is 30.8 Å². The van der Waals surface area contributed by atoms with E-state index in [4.69, 9.17) is 16.3 Å². The maximum atomic E-state index is 6.45. The van der Waals surface area contributed by atoms with Crippen molar-refractivity contribution in [2.45, 2.75) is 33.1 Å². The van der Waals surface area contributed by atoms with Crippen LogP contribution in [0.3, 0.4) is 0 Å². The Kier molecular flexibility index (Phi) is 6.31. The second kappa shape index (κ2) is 8.04. The lowest BCUT2D eigenvalue weighted by Gasteiger charge is -2.27. The van der Waals surface area contributed by atoms with Crippen LogP contribution in [0.15, 0.2) is 55.1 Å². The predicted octanol–water partition coefficient (Wildman–Crippen LogP) is 3.98. The van der Waals surface area contributed by atoms with Gasteiger partial charge < -0.3 is 4.74 Å². The van der Waals surface area contributed by atoms with Crippen LogP contribution < -0.4 is 15.1 Å². The molecule has 0 N–H and O–H groups in total. The molecule has 0 spiro atoms. The van der Waals surface area contributed by atoms with Gasteiger partial charge in [0.15, 0.2) is 0 Å². The van der Waals surface area contributed by atoms with Gasteiger partial charge in [-0.3, -0.25) is 0 Å². The van der Waals surface area contributed by atoms with Gasteiger partial charge in [-0.05, 0) is 23.1 Å². The summed E-state index contributed by atoms with van der Waals surface area (Å²) in [4.78, 5) is 0. The van der Waals surface area contributed by atoms with Crippen LogP contribution in [0, 0.1) is 6.92 Å². The monoisotopic (exact) mass is 358 g/mol. The Morgan fingerprint density at radius 3 is 2.38 bits per heavy atom. The van der Waals surface area contributed by atoms with E-state index in [0.29, 0.717) is 12.1 Å². The zero-order chi connectivity index (χ0) is 17.7. The van der Waals surface area contributed by atoms with Gasteiger partial charge in [0.25, 0.3) is 0 Å². The maximum absolute atomic E-state index is 6.45. The third-order valence-corrected chi connectivity index (χ3v) is 7.75. The van der Waals surface area contributed by atoms with Gasteiger partial charge in [-0.15, -0.1) is 11.6 Å². The highest BCUT2D eigenvalue weighted by atomic mass is 35.5. The molecule has 0 aromatic heterocycles. The smallest absolute Gasteiger partial charge is 0.122 e. The Hall–Kier alpha value is -1.51. The molecule has 0 fully saturated rings. The minimum absolute atomic E-state index is 0.0131. The number of rotatable bonds is 6. The molecule has 0 amide bonds. The molecule has 0 aliphatic carbocycles. The summed E-state index contributed by atoms with van der Waals surface area (Å²) in [6, 6.07) is 15.1. The quantitative estimate of drug-likeness (QED) is 0.431. The normalized spacial score (nSPS) is 12.7. The van der Waals surface area contributed by atoms with Crippen molar-refractivity contribution in [3.05, 3.63) is 66.2 Å². The average Bonchev–Trinajstić information content (AvgIpc) is 2.54. The molecule has 0 bridgehead atoms. The maximum Gasteiger partial charge on any atom is 0.122 e. The van der Waals surface area contributed by atoms with Crippen LogP contribution in [0.5, 0.6) is 5.75 Å². The van der Waals surface area contributed by atoms with Gasteiger partial charge in [0.1, 0.15) is 21.2 Å². The number of hydrogen-bond acceptors (Lipinski definition) is 1. The molecule has 3 heteroatoms. The van der Waals surface area contributed by atoms with Crippen molar-refractivity contribution < 1.29 is 4.74 Å². The molecule has 0 aliphatic rings. The highest BCUT2D eigenvalue weighted by Gasteiger charge is 2.27. The molecule has 2 rings (SSSR count). The van der Waals surface area contributed by atoms with Gasteiger partial charge in [-0.25, -0.2) is 0 Å².